The molecule has 0 radical (unpaired) electrons. The van der Waals surface area contributed by atoms with E-state index in [-0.39, 0.29) is 0 Å². The van der Waals surface area contributed by atoms with Gasteiger partial charge in [0.05, 0.1) is 18.1 Å². The third kappa shape index (κ3) is 2.29. The third-order valence-electron chi connectivity index (χ3n) is 2.84. The van der Waals surface area contributed by atoms with Gasteiger partial charge in [0.25, 0.3) is 0 Å². The van der Waals surface area contributed by atoms with Crippen molar-refractivity contribution in [2.45, 2.75) is 12.8 Å². The molecule has 0 atom stereocenters. The molecule has 1 aromatic carbocycles. The first-order chi connectivity index (χ1) is 8.22. The first-order valence-electron chi connectivity index (χ1n) is 5.58. The predicted octanol–water partition coefficient (Wildman–Crippen LogP) is 3.24. The van der Waals surface area contributed by atoms with E-state index in [2.05, 4.69) is 0 Å². The van der Waals surface area contributed by atoms with Crippen LogP contribution in [0.15, 0.2) is 33.5 Å². The van der Waals surface area contributed by atoms with E-state index in [0.29, 0.717) is 28.9 Å². The first kappa shape index (κ1) is 10.7. The Morgan fingerprint density at radius 2 is 2.18 bits per heavy atom. The van der Waals surface area contributed by atoms with Crippen LogP contribution in [0.25, 0.3) is 11.0 Å². The lowest BCUT2D eigenvalue weighted by Crippen LogP contribution is -2.04. The summed E-state index contributed by atoms with van der Waals surface area (Å²) in [6.07, 6.45) is 2.42. The number of hydrogen-bond donors (Lipinski definition) is 0. The summed E-state index contributed by atoms with van der Waals surface area (Å²) in [6.45, 7) is 0.658. The summed E-state index contributed by atoms with van der Waals surface area (Å²) >= 11 is 5.93. The van der Waals surface area contributed by atoms with Crippen LogP contribution in [0, 0.1) is 5.92 Å². The van der Waals surface area contributed by atoms with Crippen LogP contribution in [0.5, 0.6) is 5.75 Å². The molecule has 3 rings (SSSR count). The third-order valence-corrected chi connectivity index (χ3v) is 3.07. The molecular formula is C13H11ClO3. The van der Waals surface area contributed by atoms with Gasteiger partial charge in [-0.3, -0.25) is 0 Å². The van der Waals surface area contributed by atoms with Crippen molar-refractivity contribution in [3.05, 3.63) is 39.7 Å². The zero-order valence-electron chi connectivity index (χ0n) is 9.11. The molecule has 4 heteroatoms. The molecule has 17 heavy (non-hydrogen) atoms. The Morgan fingerprint density at radius 1 is 1.35 bits per heavy atom. The molecule has 0 spiro atoms. The summed E-state index contributed by atoms with van der Waals surface area (Å²) in [5.41, 5.74) is 0.110. The predicted molar refractivity (Wildman–Crippen MR) is 65.7 cm³/mol. The van der Waals surface area contributed by atoms with Gasteiger partial charge in [-0.2, -0.15) is 0 Å². The second-order valence-electron chi connectivity index (χ2n) is 4.32. The number of hydrogen-bond acceptors (Lipinski definition) is 3. The van der Waals surface area contributed by atoms with E-state index in [1.807, 2.05) is 0 Å². The maximum Gasteiger partial charge on any atom is 0.339 e. The zero-order valence-corrected chi connectivity index (χ0v) is 9.87. The van der Waals surface area contributed by atoms with E-state index < -0.39 is 5.63 Å². The van der Waals surface area contributed by atoms with Gasteiger partial charge >= 0.3 is 5.63 Å². The van der Waals surface area contributed by atoms with Crippen LogP contribution in [-0.4, -0.2) is 6.61 Å². The second kappa shape index (κ2) is 4.08. The average Bonchev–Trinajstić information content (AvgIpc) is 3.10. The van der Waals surface area contributed by atoms with Crippen LogP contribution in [0.1, 0.15) is 12.8 Å². The molecule has 88 valence electrons. The lowest BCUT2D eigenvalue weighted by atomic mass is 10.2. The van der Waals surface area contributed by atoms with Crippen molar-refractivity contribution < 1.29 is 9.15 Å². The van der Waals surface area contributed by atoms with Crippen LogP contribution in [0.2, 0.25) is 5.02 Å². The van der Waals surface area contributed by atoms with Crippen molar-refractivity contribution in [2.24, 2.45) is 5.92 Å². The minimum atomic E-state index is -0.398. The monoisotopic (exact) mass is 250 g/mol. The fourth-order valence-electron chi connectivity index (χ4n) is 1.72. The van der Waals surface area contributed by atoms with Gasteiger partial charge in [0.1, 0.15) is 11.3 Å². The summed E-state index contributed by atoms with van der Waals surface area (Å²) in [5, 5.41) is 1.35. The normalized spacial score (nSPS) is 15.1. The zero-order chi connectivity index (χ0) is 11.8. The molecule has 0 N–H and O–H groups in total. The molecule has 1 aliphatic rings. The summed E-state index contributed by atoms with van der Waals surface area (Å²) < 4.78 is 10.7. The van der Waals surface area contributed by atoms with Gasteiger partial charge in [-0.1, -0.05) is 11.6 Å². The van der Waals surface area contributed by atoms with E-state index in [4.69, 9.17) is 20.8 Å². The molecule has 0 unspecified atom stereocenters. The van der Waals surface area contributed by atoms with Gasteiger partial charge in [0, 0.05) is 5.02 Å². The van der Waals surface area contributed by atoms with E-state index in [1.54, 1.807) is 18.2 Å². The fraction of sp³-hybridized carbons (Fsp3) is 0.308. The smallest absolute Gasteiger partial charge is 0.339 e. The molecule has 0 bridgehead atoms. The SMILES string of the molecule is O=c1cc(OCC2CC2)c2cc(Cl)ccc2o1. The van der Waals surface area contributed by atoms with Crippen LogP contribution in [0.4, 0.5) is 0 Å². The van der Waals surface area contributed by atoms with Gasteiger partial charge in [0.15, 0.2) is 0 Å². The average molecular weight is 251 g/mol. The molecule has 1 saturated carbocycles. The molecule has 1 aromatic heterocycles. The lowest BCUT2D eigenvalue weighted by Gasteiger charge is -2.07. The van der Waals surface area contributed by atoms with E-state index >= 15 is 0 Å². The van der Waals surface area contributed by atoms with Gasteiger partial charge < -0.3 is 9.15 Å². The van der Waals surface area contributed by atoms with Crippen LogP contribution in [-0.2, 0) is 0 Å². The van der Waals surface area contributed by atoms with Crippen LogP contribution < -0.4 is 10.4 Å². The highest BCUT2D eigenvalue weighted by Crippen LogP contribution is 2.32. The highest BCUT2D eigenvalue weighted by molar-refractivity contribution is 6.31. The Kier molecular flexibility index (Phi) is 2.56. The van der Waals surface area contributed by atoms with Crippen LogP contribution >= 0.6 is 11.6 Å². The first-order valence-corrected chi connectivity index (χ1v) is 5.96. The van der Waals surface area contributed by atoms with E-state index in [9.17, 15) is 4.79 Å². The van der Waals surface area contributed by atoms with Crippen molar-refractivity contribution in [2.75, 3.05) is 6.61 Å². The van der Waals surface area contributed by atoms with E-state index in [0.717, 1.165) is 5.39 Å². The van der Waals surface area contributed by atoms with Gasteiger partial charge in [-0.05, 0) is 37.0 Å². The number of rotatable bonds is 3. The fourth-order valence-corrected chi connectivity index (χ4v) is 1.89. The molecule has 1 fully saturated rings. The molecule has 2 aromatic rings. The number of benzene rings is 1. The Balaban J connectivity index is 2.06. The minimum Gasteiger partial charge on any atom is -0.492 e. The molecule has 0 amide bonds. The maximum absolute atomic E-state index is 11.4. The summed E-state index contributed by atoms with van der Waals surface area (Å²) in [6, 6.07) is 6.50. The number of fused-ring (bicyclic) bond motifs is 1. The lowest BCUT2D eigenvalue weighted by molar-refractivity contribution is 0.301. The standard InChI is InChI=1S/C13H11ClO3/c14-9-3-4-11-10(5-9)12(6-13(15)17-11)16-7-8-1-2-8/h3-6,8H,1-2,7H2. The second-order valence-corrected chi connectivity index (χ2v) is 4.76. The topological polar surface area (TPSA) is 39.4 Å². The summed E-state index contributed by atoms with van der Waals surface area (Å²) in [7, 11) is 0. The Labute approximate surface area is 103 Å². The molecule has 1 aliphatic carbocycles. The van der Waals surface area contributed by atoms with Gasteiger partial charge in [-0.15, -0.1) is 0 Å². The van der Waals surface area contributed by atoms with Crippen molar-refractivity contribution in [3.63, 3.8) is 0 Å². The van der Waals surface area contributed by atoms with Crippen molar-refractivity contribution in [1.29, 1.82) is 0 Å². The van der Waals surface area contributed by atoms with Crippen molar-refractivity contribution in [3.8, 4) is 5.75 Å². The molecule has 3 nitrogen and oxygen atoms in total. The number of ether oxygens (including phenoxy) is 1. The number of halogens is 1. The molecule has 0 saturated heterocycles. The summed E-state index contributed by atoms with van der Waals surface area (Å²) in [5.74, 6) is 1.20. The van der Waals surface area contributed by atoms with E-state index in [1.165, 1.54) is 18.9 Å². The Morgan fingerprint density at radius 3 is 2.94 bits per heavy atom. The highest BCUT2D eigenvalue weighted by atomic mass is 35.5. The van der Waals surface area contributed by atoms with Crippen LogP contribution in [0.3, 0.4) is 0 Å². The largest absolute Gasteiger partial charge is 0.492 e. The highest BCUT2D eigenvalue weighted by Gasteiger charge is 2.22. The summed E-state index contributed by atoms with van der Waals surface area (Å²) in [4.78, 5) is 11.4. The molecular weight excluding hydrogens is 240 g/mol. The Bertz CT molecular complexity index is 614. The maximum atomic E-state index is 11.4. The van der Waals surface area contributed by atoms with Gasteiger partial charge in [-0.25, -0.2) is 4.79 Å². The van der Waals surface area contributed by atoms with Gasteiger partial charge in [0.2, 0.25) is 0 Å². The Hall–Kier alpha value is -1.48. The molecule has 0 aliphatic heterocycles. The molecule has 1 heterocycles. The van der Waals surface area contributed by atoms with Crippen molar-refractivity contribution >= 4 is 22.6 Å². The minimum absolute atomic E-state index is 0.398. The van der Waals surface area contributed by atoms with Crippen molar-refractivity contribution in [1.82, 2.24) is 0 Å². The quantitative estimate of drug-likeness (QED) is 0.785.